The Morgan fingerprint density at radius 1 is 1.50 bits per heavy atom. The fraction of sp³-hybridized carbons (Fsp3) is 0.571. The molecule has 6 heteroatoms. The molecule has 0 aromatic carbocycles. The average molecular weight is 298 g/mol. The number of likely N-dealkylation sites (tertiary alicyclic amines) is 1. The molecule has 1 aliphatic rings. The van der Waals surface area contributed by atoms with Gasteiger partial charge in [0.05, 0.1) is 5.02 Å². The summed E-state index contributed by atoms with van der Waals surface area (Å²) in [6.07, 6.45) is 2.33. The molecule has 110 valence electrons. The van der Waals surface area contributed by atoms with Crippen LogP contribution in [0.2, 0.25) is 5.02 Å². The fourth-order valence-electron chi connectivity index (χ4n) is 2.45. The van der Waals surface area contributed by atoms with Crippen LogP contribution in [0.25, 0.3) is 0 Å². The number of carboxylic acids is 1. The summed E-state index contributed by atoms with van der Waals surface area (Å²) in [7, 11) is 0. The second-order valence-electron chi connectivity index (χ2n) is 5.09. The molecule has 2 heterocycles. The van der Waals surface area contributed by atoms with E-state index in [2.05, 4.69) is 22.1 Å². The van der Waals surface area contributed by atoms with Crippen LogP contribution < -0.4 is 5.32 Å². The first kappa shape index (κ1) is 15.1. The molecule has 0 spiro atoms. The Labute approximate surface area is 123 Å². The third-order valence-corrected chi connectivity index (χ3v) is 4.08. The van der Waals surface area contributed by atoms with Gasteiger partial charge in [-0.2, -0.15) is 0 Å². The molecule has 0 aliphatic carbocycles. The number of carboxylic acid groups (broad SMARTS) is 1. The second-order valence-corrected chi connectivity index (χ2v) is 5.50. The highest BCUT2D eigenvalue weighted by Gasteiger charge is 2.18. The third-order valence-electron chi connectivity index (χ3n) is 3.77. The van der Waals surface area contributed by atoms with Crippen LogP contribution in [0.5, 0.6) is 0 Å². The zero-order valence-corrected chi connectivity index (χ0v) is 12.4. The number of nitrogens with zero attached hydrogens (tertiary/aromatic N) is 2. The van der Waals surface area contributed by atoms with Gasteiger partial charge in [-0.25, -0.2) is 9.78 Å². The number of carbonyl (C=O) groups is 1. The van der Waals surface area contributed by atoms with E-state index in [1.165, 1.54) is 12.8 Å². The van der Waals surface area contributed by atoms with Crippen molar-refractivity contribution in [3.05, 3.63) is 22.8 Å². The van der Waals surface area contributed by atoms with Crippen molar-refractivity contribution in [1.82, 2.24) is 9.88 Å². The van der Waals surface area contributed by atoms with Crippen molar-refractivity contribution in [2.75, 3.05) is 31.5 Å². The molecule has 0 saturated carbocycles. The molecule has 1 aromatic heterocycles. The van der Waals surface area contributed by atoms with Crippen LogP contribution in [0.3, 0.4) is 0 Å². The maximum Gasteiger partial charge on any atom is 0.356 e. The van der Waals surface area contributed by atoms with E-state index in [1.807, 2.05) is 0 Å². The van der Waals surface area contributed by atoms with Gasteiger partial charge in [0.2, 0.25) is 0 Å². The number of halogens is 1. The lowest BCUT2D eigenvalue weighted by atomic mass is 9.97. The summed E-state index contributed by atoms with van der Waals surface area (Å²) < 4.78 is 0. The van der Waals surface area contributed by atoms with Crippen molar-refractivity contribution in [1.29, 1.82) is 0 Å². The predicted octanol–water partition coefficient (Wildman–Crippen LogP) is 2.58. The molecule has 2 rings (SSSR count). The molecule has 1 aliphatic heterocycles. The van der Waals surface area contributed by atoms with Gasteiger partial charge < -0.3 is 15.3 Å². The molecular weight excluding hydrogens is 278 g/mol. The average Bonchev–Trinajstić information content (AvgIpc) is 2.46. The van der Waals surface area contributed by atoms with Crippen molar-refractivity contribution in [2.45, 2.75) is 19.8 Å². The largest absolute Gasteiger partial charge is 0.476 e. The Hall–Kier alpha value is -1.33. The van der Waals surface area contributed by atoms with Crippen LogP contribution in [0.1, 0.15) is 30.3 Å². The Morgan fingerprint density at radius 3 is 2.80 bits per heavy atom. The summed E-state index contributed by atoms with van der Waals surface area (Å²) >= 11 is 5.80. The minimum Gasteiger partial charge on any atom is -0.476 e. The topological polar surface area (TPSA) is 65.5 Å². The molecule has 1 fully saturated rings. The van der Waals surface area contributed by atoms with E-state index in [4.69, 9.17) is 16.7 Å². The number of aromatic nitrogens is 1. The van der Waals surface area contributed by atoms with Crippen LogP contribution >= 0.6 is 11.6 Å². The van der Waals surface area contributed by atoms with Crippen LogP contribution in [0.15, 0.2) is 12.1 Å². The highest BCUT2D eigenvalue weighted by molar-refractivity contribution is 6.33. The summed E-state index contributed by atoms with van der Waals surface area (Å²) in [6.45, 7) is 6.39. The van der Waals surface area contributed by atoms with Gasteiger partial charge in [0.25, 0.3) is 0 Å². The first-order chi connectivity index (χ1) is 9.60. The first-order valence-corrected chi connectivity index (χ1v) is 7.34. The van der Waals surface area contributed by atoms with E-state index < -0.39 is 5.97 Å². The molecular formula is C14H20ClN3O2. The normalized spacial score (nSPS) is 17.1. The van der Waals surface area contributed by atoms with Gasteiger partial charge in [0, 0.05) is 6.54 Å². The highest BCUT2D eigenvalue weighted by atomic mass is 35.5. The number of piperidine rings is 1. The summed E-state index contributed by atoms with van der Waals surface area (Å²) in [6, 6.07) is 3.29. The summed E-state index contributed by atoms with van der Waals surface area (Å²) in [5, 5.41) is 12.4. The minimum atomic E-state index is -1.10. The Kier molecular flexibility index (Phi) is 5.20. The molecule has 1 aromatic rings. The lowest BCUT2D eigenvalue weighted by Gasteiger charge is -2.31. The van der Waals surface area contributed by atoms with Gasteiger partial charge in [-0.3, -0.25) is 0 Å². The number of hydrogen-bond donors (Lipinski definition) is 2. The molecule has 0 radical (unpaired) electrons. The maximum absolute atomic E-state index is 11.0. The predicted molar refractivity (Wildman–Crippen MR) is 79.5 cm³/mol. The quantitative estimate of drug-likeness (QED) is 0.874. The molecule has 0 unspecified atom stereocenters. The minimum absolute atomic E-state index is 0.0996. The molecule has 1 saturated heterocycles. The van der Waals surface area contributed by atoms with Crippen molar-refractivity contribution in [2.24, 2.45) is 5.92 Å². The monoisotopic (exact) mass is 297 g/mol. The Morgan fingerprint density at radius 2 is 2.20 bits per heavy atom. The Bertz CT molecular complexity index is 473. The van der Waals surface area contributed by atoms with E-state index in [0.29, 0.717) is 11.7 Å². The number of anilines is 1. The van der Waals surface area contributed by atoms with Crippen molar-refractivity contribution in [3.8, 4) is 0 Å². The van der Waals surface area contributed by atoms with E-state index in [-0.39, 0.29) is 10.7 Å². The van der Waals surface area contributed by atoms with Crippen LogP contribution in [0.4, 0.5) is 5.82 Å². The van der Waals surface area contributed by atoms with Crippen molar-refractivity contribution in [3.63, 3.8) is 0 Å². The van der Waals surface area contributed by atoms with Crippen LogP contribution in [0, 0.1) is 5.92 Å². The zero-order valence-electron chi connectivity index (χ0n) is 11.6. The summed E-state index contributed by atoms with van der Waals surface area (Å²) in [5.41, 5.74) is -0.0996. The summed E-state index contributed by atoms with van der Waals surface area (Å²) in [4.78, 5) is 17.4. The van der Waals surface area contributed by atoms with E-state index in [0.717, 1.165) is 26.2 Å². The number of hydrogen-bond acceptors (Lipinski definition) is 4. The van der Waals surface area contributed by atoms with Gasteiger partial charge in [0.15, 0.2) is 5.69 Å². The molecule has 2 N–H and O–H groups in total. The smallest absolute Gasteiger partial charge is 0.356 e. The molecule has 0 bridgehead atoms. The summed E-state index contributed by atoms with van der Waals surface area (Å²) in [5.74, 6) is 0.0863. The lowest BCUT2D eigenvalue weighted by molar-refractivity contribution is 0.0691. The number of pyridine rings is 1. The molecule has 5 nitrogen and oxygen atoms in total. The van der Waals surface area contributed by atoms with Crippen LogP contribution in [-0.4, -0.2) is 47.1 Å². The number of nitrogens with one attached hydrogen (secondary N) is 1. The van der Waals surface area contributed by atoms with Gasteiger partial charge in [-0.15, -0.1) is 0 Å². The number of rotatable bonds is 5. The van der Waals surface area contributed by atoms with Crippen LogP contribution in [-0.2, 0) is 0 Å². The van der Waals surface area contributed by atoms with E-state index >= 15 is 0 Å². The third kappa shape index (κ3) is 3.84. The highest BCUT2D eigenvalue weighted by Crippen LogP contribution is 2.19. The van der Waals surface area contributed by atoms with Gasteiger partial charge in [-0.1, -0.05) is 18.5 Å². The first-order valence-electron chi connectivity index (χ1n) is 6.96. The lowest BCUT2D eigenvalue weighted by Crippen LogP contribution is -2.35. The van der Waals surface area contributed by atoms with Gasteiger partial charge in [-0.05, 0) is 50.5 Å². The van der Waals surface area contributed by atoms with Crippen molar-refractivity contribution < 1.29 is 9.90 Å². The maximum atomic E-state index is 11.0. The number of aromatic carboxylic acids is 1. The van der Waals surface area contributed by atoms with Gasteiger partial charge >= 0.3 is 5.97 Å². The standard InChI is InChI=1S/C14H20ClN3O2/c1-2-18-7-5-10(6-8-18)9-16-12-4-3-11(15)13(17-12)14(19)20/h3-4,10H,2,5-9H2,1H3,(H,16,17)(H,19,20). The molecule has 0 amide bonds. The Balaban J connectivity index is 1.88. The SMILES string of the molecule is CCN1CCC(CNc2ccc(Cl)c(C(=O)O)n2)CC1. The van der Waals surface area contributed by atoms with Gasteiger partial charge in [0.1, 0.15) is 5.82 Å². The zero-order chi connectivity index (χ0) is 14.5. The fourth-order valence-corrected chi connectivity index (χ4v) is 2.63. The molecule has 20 heavy (non-hydrogen) atoms. The van der Waals surface area contributed by atoms with E-state index in [1.54, 1.807) is 12.1 Å². The second kappa shape index (κ2) is 6.90. The van der Waals surface area contributed by atoms with Crippen molar-refractivity contribution >= 4 is 23.4 Å². The molecule has 0 atom stereocenters. The van der Waals surface area contributed by atoms with E-state index in [9.17, 15) is 4.79 Å².